The van der Waals surface area contributed by atoms with E-state index in [1.54, 1.807) is 13.2 Å². The molecule has 0 aliphatic heterocycles. The number of aromatic amines is 1. The van der Waals surface area contributed by atoms with E-state index in [1.807, 2.05) is 24.3 Å². The van der Waals surface area contributed by atoms with Gasteiger partial charge in [-0.05, 0) is 6.07 Å². The number of fused-ring (bicyclic) bond motifs is 1. The first kappa shape index (κ1) is 10.6. The summed E-state index contributed by atoms with van der Waals surface area (Å²) < 4.78 is 0. The molecule has 0 saturated heterocycles. The Bertz CT molecular complexity index is 794. The molecule has 0 aliphatic rings. The number of aromatic nitrogens is 1. The van der Waals surface area contributed by atoms with Gasteiger partial charge in [-0.15, -0.1) is 0 Å². The summed E-state index contributed by atoms with van der Waals surface area (Å²) in [6, 6.07) is 7.74. The Hall–Kier alpha value is -2.56. The highest BCUT2D eigenvalue weighted by Crippen LogP contribution is 2.27. The Balaban J connectivity index is 2.05. The smallest absolute Gasteiger partial charge is 0.253 e. The van der Waals surface area contributed by atoms with Crippen LogP contribution >= 0.6 is 0 Å². The van der Waals surface area contributed by atoms with E-state index in [1.165, 1.54) is 0 Å². The minimum absolute atomic E-state index is 0.326. The first-order chi connectivity index (χ1) is 8.72. The predicted octanol–water partition coefficient (Wildman–Crippen LogP) is 1.55. The summed E-state index contributed by atoms with van der Waals surface area (Å²) in [5.41, 5.74) is 1.47. The third-order valence-electron chi connectivity index (χ3n) is 3.01. The summed E-state index contributed by atoms with van der Waals surface area (Å²) in [5.74, 6) is 0. The number of H-pyrrole nitrogens is 1. The summed E-state index contributed by atoms with van der Waals surface area (Å²) in [5, 5.41) is 6.71. The van der Waals surface area contributed by atoms with Gasteiger partial charge in [0.2, 0.25) is 0 Å². The normalized spacial score (nSPS) is 10.9. The summed E-state index contributed by atoms with van der Waals surface area (Å²) in [6.07, 6.45) is 1.78. The lowest BCUT2D eigenvalue weighted by molar-refractivity contribution is 1.34. The van der Waals surface area contributed by atoms with Gasteiger partial charge in [0, 0.05) is 24.1 Å². The molecule has 1 heterocycles. The predicted molar refractivity (Wildman–Crippen MR) is 72.5 cm³/mol. The quantitative estimate of drug-likeness (QED) is 0.608. The van der Waals surface area contributed by atoms with Crippen molar-refractivity contribution in [2.24, 2.45) is 0 Å². The molecule has 0 spiro atoms. The Kier molecular flexibility index (Phi) is 2.19. The van der Waals surface area contributed by atoms with Gasteiger partial charge >= 0.3 is 0 Å². The molecule has 18 heavy (non-hydrogen) atoms. The van der Waals surface area contributed by atoms with Crippen molar-refractivity contribution in [3.05, 3.63) is 50.9 Å². The highest BCUT2D eigenvalue weighted by atomic mass is 16.2. The van der Waals surface area contributed by atoms with Crippen molar-refractivity contribution in [2.45, 2.75) is 0 Å². The molecule has 0 aliphatic carbocycles. The second kappa shape index (κ2) is 3.73. The van der Waals surface area contributed by atoms with Crippen molar-refractivity contribution in [1.82, 2.24) is 4.98 Å². The van der Waals surface area contributed by atoms with Crippen LogP contribution in [-0.4, -0.2) is 12.0 Å². The summed E-state index contributed by atoms with van der Waals surface area (Å²) in [6.45, 7) is 0. The van der Waals surface area contributed by atoms with Crippen LogP contribution in [0.1, 0.15) is 0 Å². The first-order valence-corrected chi connectivity index (χ1v) is 5.56. The number of hydrogen-bond donors (Lipinski definition) is 3. The van der Waals surface area contributed by atoms with E-state index in [0.717, 1.165) is 16.6 Å². The number of para-hydroxylation sites is 1. The third-order valence-corrected chi connectivity index (χ3v) is 3.01. The van der Waals surface area contributed by atoms with Gasteiger partial charge < -0.3 is 15.6 Å². The standard InChI is InChI=1S/C13H11N3O2/c1-14-10-11(13(18)12(10)17)16-9-6-15-8-5-3-2-4-7(8)9/h2-6,14-16H,1H3. The average Bonchev–Trinajstić information content (AvgIpc) is 2.81. The molecule has 0 amide bonds. The van der Waals surface area contributed by atoms with Crippen molar-refractivity contribution in [3.63, 3.8) is 0 Å². The van der Waals surface area contributed by atoms with Gasteiger partial charge in [0.05, 0.1) is 5.69 Å². The number of rotatable bonds is 3. The van der Waals surface area contributed by atoms with Gasteiger partial charge in [0.1, 0.15) is 11.4 Å². The highest BCUT2D eigenvalue weighted by molar-refractivity contribution is 5.95. The molecular weight excluding hydrogens is 230 g/mol. The number of nitrogens with one attached hydrogen (secondary N) is 3. The molecule has 0 unspecified atom stereocenters. The minimum atomic E-state index is -0.482. The molecule has 0 atom stereocenters. The summed E-state index contributed by atoms with van der Waals surface area (Å²) in [7, 11) is 1.62. The second-order valence-corrected chi connectivity index (χ2v) is 4.03. The molecule has 1 aromatic heterocycles. The molecule has 90 valence electrons. The molecule has 0 saturated carbocycles. The molecule has 5 heteroatoms. The summed E-state index contributed by atoms with van der Waals surface area (Å²) in [4.78, 5) is 25.8. The lowest BCUT2D eigenvalue weighted by Crippen LogP contribution is -2.35. The van der Waals surface area contributed by atoms with Crippen molar-refractivity contribution in [2.75, 3.05) is 17.7 Å². The minimum Gasteiger partial charge on any atom is -0.383 e. The van der Waals surface area contributed by atoms with Crippen LogP contribution in [0.4, 0.5) is 17.1 Å². The van der Waals surface area contributed by atoms with Crippen LogP contribution in [0.15, 0.2) is 40.1 Å². The Morgan fingerprint density at radius 2 is 1.78 bits per heavy atom. The molecule has 5 nitrogen and oxygen atoms in total. The molecule has 0 bridgehead atoms. The topological polar surface area (TPSA) is 74.0 Å². The fraction of sp³-hybridized carbons (Fsp3) is 0.0769. The Morgan fingerprint density at radius 1 is 1.06 bits per heavy atom. The zero-order chi connectivity index (χ0) is 12.7. The van der Waals surface area contributed by atoms with E-state index in [-0.39, 0.29) is 0 Å². The zero-order valence-electron chi connectivity index (χ0n) is 9.70. The summed E-state index contributed by atoms with van der Waals surface area (Å²) >= 11 is 0. The number of anilines is 3. The molecule has 3 N–H and O–H groups in total. The molecule has 3 aromatic rings. The Morgan fingerprint density at radius 3 is 2.56 bits per heavy atom. The molecular formula is C13H11N3O2. The number of benzene rings is 1. The van der Waals surface area contributed by atoms with Crippen molar-refractivity contribution in [3.8, 4) is 0 Å². The van der Waals surface area contributed by atoms with E-state index >= 15 is 0 Å². The van der Waals surface area contributed by atoms with Crippen molar-refractivity contribution >= 4 is 28.0 Å². The van der Waals surface area contributed by atoms with Gasteiger partial charge in [-0.2, -0.15) is 0 Å². The number of hydrogen-bond acceptors (Lipinski definition) is 4. The maximum absolute atomic E-state index is 11.5. The van der Waals surface area contributed by atoms with Gasteiger partial charge in [-0.1, -0.05) is 18.2 Å². The van der Waals surface area contributed by atoms with Crippen LogP contribution in [0.3, 0.4) is 0 Å². The lowest BCUT2D eigenvalue weighted by atomic mass is 10.1. The van der Waals surface area contributed by atoms with Gasteiger partial charge in [-0.3, -0.25) is 9.59 Å². The van der Waals surface area contributed by atoms with Crippen LogP contribution in [0.5, 0.6) is 0 Å². The zero-order valence-corrected chi connectivity index (χ0v) is 9.70. The highest BCUT2D eigenvalue weighted by Gasteiger charge is 2.20. The van der Waals surface area contributed by atoms with E-state index < -0.39 is 10.9 Å². The molecule has 0 radical (unpaired) electrons. The SMILES string of the molecule is CNc1c(Nc2c[nH]c3ccccc23)c(=O)c1=O. The fourth-order valence-electron chi connectivity index (χ4n) is 2.06. The lowest BCUT2D eigenvalue weighted by Gasteiger charge is -2.11. The van der Waals surface area contributed by atoms with Crippen LogP contribution in [0.2, 0.25) is 0 Å². The first-order valence-electron chi connectivity index (χ1n) is 5.56. The van der Waals surface area contributed by atoms with Crippen molar-refractivity contribution in [1.29, 1.82) is 0 Å². The van der Waals surface area contributed by atoms with Crippen LogP contribution in [0.25, 0.3) is 10.9 Å². The monoisotopic (exact) mass is 241 g/mol. The molecule has 2 aromatic carbocycles. The maximum Gasteiger partial charge on any atom is 0.253 e. The van der Waals surface area contributed by atoms with E-state index in [0.29, 0.717) is 11.4 Å². The molecule has 3 rings (SSSR count). The van der Waals surface area contributed by atoms with Crippen LogP contribution in [-0.2, 0) is 0 Å². The van der Waals surface area contributed by atoms with Crippen LogP contribution in [0, 0.1) is 0 Å². The van der Waals surface area contributed by atoms with Crippen molar-refractivity contribution < 1.29 is 0 Å². The molecule has 0 fully saturated rings. The maximum atomic E-state index is 11.5. The second-order valence-electron chi connectivity index (χ2n) is 4.03. The van der Waals surface area contributed by atoms with E-state index in [4.69, 9.17) is 0 Å². The fourth-order valence-corrected chi connectivity index (χ4v) is 2.06. The largest absolute Gasteiger partial charge is 0.383 e. The average molecular weight is 241 g/mol. The van der Waals surface area contributed by atoms with Gasteiger partial charge in [-0.25, -0.2) is 0 Å². The Labute approximate surface area is 102 Å². The van der Waals surface area contributed by atoms with Gasteiger partial charge in [0.25, 0.3) is 10.9 Å². The van der Waals surface area contributed by atoms with Gasteiger partial charge in [0.15, 0.2) is 0 Å². The third kappa shape index (κ3) is 1.34. The van der Waals surface area contributed by atoms with E-state index in [2.05, 4.69) is 15.6 Å². The van der Waals surface area contributed by atoms with Crippen LogP contribution < -0.4 is 21.5 Å². The van der Waals surface area contributed by atoms with E-state index in [9.17, 15) is 9.59 Å².